The van der Waals surface area contributed by atoms with Crippen molar-refractivity contribution in [2.24, 2.45) is 5.92 Å². The lowest BCUT2D eigenvalue weighted by molar-refractivity contribution is -0.0170. The molecule has 0 saturated carbocycles. The summed E-state index contributed by atoms with van der Waals surface area (Å²) in [6, 6.07) is 7.58. The van der Waals surface area contributed by atoms with E-state index in [0.29, 0.717) is 32.8 Å². The molecule has 0 aromatic heterocycles. The Morgan fingerprint density at radius 2 is 1.96 bits per heavy atom. The van der Waals surface area contributed by atoms with Crippen LogP contribution < -0.4 is 0 Å². The molecule has 1 aromatic carbocycles. The predicted octanol–water partition coefficient (Wildman–Crippen LogP) is 1.12. The predicted molar refractivity (Wildman–Crippen MR) is 91.3 cm³/mol. The van der Waals surface area contributed by atoms with Crippen LogP contribution >= 0.6 is 0 Å². The standard InChI is InChI=1S/C17H24N2O4S/c1-13-5-3-4-6-15(13)17(20)18-8-7-14-11-19(24(2,21)22)9-10-23-16(14)12-18/h3-6,14,16H,7-12H2,1-2H3/t14-,16-/m1/s1. The molecule has 0 radical (unpaired) electrons. The van der Waals surface area contributed by atoms with Gasteiger partial charge in [0.05, 0.1) is 19.0 Å². The molecular weight excluding hydrogens is 328 g/mol. The fourth-order valence-corrected chi connectivity index (χ4v) is 4.36. The molecule has 2 fully saturated rings. The van der Waals surface area contributed by atoms with E-state index in [9.17, 15) is 13.2 Å². The molecule has 24 heavy (non-hydrogen) atoms. The molecule has 7 heteroatoms. The molecule has 3 rings (SSSR count). The number of carbonyl (C=O) groups excluding carboxylic acids is 1. The SMILES string of the molecule is Cc1ccccc1C(=O)N1CC[C@@H]2CN(S(C)(=O)=O)CCO[C@@H]2C1. The quantitative estimate of drug-likeness (QED) is 0.800. The number of aryl methyl sites for hydroxylation is 1. The molecule has 0 unspecified atom stereocenters. The second kappa shape index (κ2) is 6.82. The third-order valence-electron chi connectivity index (χ3n) is 4.94. The molecule has 132 valence electrons. The lowest BCUT2D eigenvalue weighted by Crippen LogP contribution is -2.49. The van der Waals surface area contributed by atoms with Crippen molar-refractivity contribution in [3.05, 3.63) is 35.4 Å². The highest BCUT2D eigenvalue weighted by molar-refractivity contribution is 7.88. The molecule has 0 aliphatic carbocycles. The Morgan fingerprint density at radius 1 is 1.21 bits per heavy atom. The maximum Gasteiger partial charge on any atom is 0.254 e. The van der Waals surface area contributed by atoms with Crippen molar-refractivity contribution in [3.8, 4) is 0 Å². The summed E-state index contributed by atoms with van der Waals surface area (Å²) in [5.74, 6) is 0.169. The van der Waals surface area contributed by atoms with E-state index in [1.165, 1.54) is 10.6 Å². The topological polar surface area (TPSA) is 66.9 Å². The van der Waals surface area contributed by atoms with Gasteiger partial charge in [-0.2, -0.15) is 4.31 Å². The van der Waals surface area contributed by atoms with E-state index in [1.807, 2.05) is 36.1 Å². The zero-order valence-corrected chi connectivity index (χ0v) is 15.0. The second-order valence-corrected chi connectivity index (χ2v) is 8.63. The van der Waals surface area contributed by atoms with Gasteiger partial charge >= 0.3 is 0 Å². The molecule has 0 bridgehead atoms. The van der Waals surface area contributed by atoms with Gasteiger partial charge in [-0.1, -0.05) is 18.2 Å². The van der Waals surface area contributed by atoms with Gasteiger partial charge in [-0.15, -0.1) is 0 Å². The minimum absolute atomic E-state index is 0.0272. The average Bonchev–Trinajstić information content (AvgIpc) is 2.76. The van der Waals surface area contributed by atoms with E-state index in [2.05, 4.69) is 0 Å². The molecule has 2 atom stereocenters. The van der Waals surface area contributed by atoms with Gasteiger partial charge in [0.1, 0.15) is 0 Å². The van der Waals surface area contributed by atoms with E-state index in [1.54, 1.807) is 0 Å². The average molecular weight is 352 g/mol. The zero-order valence-electron chi connectivity index (χ0n) is 14.1. The number of hydrogen-bond acceptors (Lipinski definition) is 4. The number of benzene rings is 1. The Morgan fingerprint density at radius 3 is 2.67 bits per heavy atom. The molecular formula is C17H24N2O4S. The molecule has 2 saturated heterocycles. The maximum atomic E-state index is 12.8. The minimum atomic E-state index is -3.21. The molecule has 1 amide bonds. The van der Waals surface area contributed by atoms with Crippen LogP contribution in [-0.4, -0.2) is 68.7 Å². The van der Waals surface area contributed by atoms with Crippen molar-refractivity contribution < 1.29 is 17.9 Å². The van der Waals surface area contributed by atoms with Gasteiger partial charge < -0.3 is 9.64 Å². The first-order chi connectivity index (χ1) is 11.4. The van der Waals surface area contributed by atoms with Crippen LogP contribution in [0, 0.1) is 12.8 Å². The Kier molecular flexibility index (Phi) is 4.94. The van der Waals surface area contributed by atoms with Crippen LogP contribution in [0.4, 0.5) is 0 Å². The van der Waals surface area contributed by atoms with Gasteiger partial charge in [0.2, 0.25) is 10.0 Å². The Labute approximate surface area is 143 Å². The number of sulfonamides is 1. The Hall–Kier alpha value is -1.44. The first-order valence-corrected chi connectivity index (χ1v) is 10.1. The molecule has 2 aliphatic heterocycles. The summed E-state index contributed by atoms with van der Waals surface area (Å²) in [6.07, 6.45) is 1.90. The van der Waals surface area contributed by atoms with E-state index in [-0.39, 0.29) is 17.9 Å². The monoisotopic (exact) mass is 352 g/mol. The van der Waals surface area contributed by atoms with Crippen molar-refractivity contribution >= 4 is 15.9 Å². The summed E-state index contributed by atoms with van der Waals surface area (Å²) >= 11 is 0. The van der Waals surface area contributed by atoms with Gasteiger partial charge in [-0.05, 0) is 25.0 Å². The van der Waals surface area contributed by atoms with Gasteiger partial charge in [0.15, 0.2) is 0 Å². The minimum Gasteiger partial charge on any atom is -0.375 e. The zero-order chi connectivity index (χ0) is 17.3. The smallest absolute Gasteiger partial charge is 0.254 e. The molecule has 6 nitrogen and oxygen atoms in total. The number of rotatable bonds is 2. The van der Waals surface area contributed by atoms with Crippen LogP contribution in [-0.2, 0) is 14.8 Å². The Bertz CT molecular complexity index is 719. The van der Waals surface area contributed by atoms with Crippen molar-refractivity contribution in [1.82, 2.24) is 9.21 Å². The van der Waals surface area contributed by atoms with Crippen LogP contribution in [0.3, 0.4) is 0 Å². The number of nitrogens with zero attached hydrogens (tertiary/aromatic N) is 2. The van der Waals surface area contributed by atoms with Gasteiger partial charge in [-0.3, -0.25) is 4.79 Å². The van der Waals surface area contributed by atoms with Crippen LogP contribution in [0.15, 0.2) is 24.3 Å². The molecule has 0 spiro atoms. The van der Waals surface area contributed by atoms with E-state index in [0.717, 1.165) is 17.5 Å². The summed E-state index contributed by atoms with van der Waals surface area (Å²) < 4.78 is 31.0. The summed E-state index contributed by atoms with van der Waals surface area (Å²) in [5, 5.41) is 0. The number of likely N-dealkylation sites (tertiary alicyclic amines) is 1. The van der Waals surface area contributed by atoms with Crippen molar-refractivity contribution in [1.29, 1.82) is 0 Å². The van der Waals surface area contributed by atoms with Crippen LogP contribution in [0.5, 0.6) is 0 Å². The summed E-state index contributed by atoms with van der Waals surface area (Å²) in [6.45, 7) is 4.34. The van der Waals surface area contributed by atoms with E-state index in [4.69, 9.17) is 4.74 Å². The number of fused-ring (bicyclic) bond motifs is 1. The number of piperidine rings is 1. The van der Waals surface area contributed by atoms with Gasteiger partial charge in [0, 0.05) is 37.7 Å². The summed E-state index contributed by atoms with van der Waals surface area (Å²) in [7, 11) is -3.21. The largest absolute Gasteiger partial charge is 0.375 e. The lowest BCUT2D eigenvalue weighted by Gasteiger charge is -2.38. The molecule has 2 heterocycles. The van der Waals surface area contributed by atoms with Crippen LogP contribution in [0.2, 0.25) is 0 Å². The number of ether oxygens (including phenoxy) is 1. The molecule has 0 N–H and O–H groups in total. The lowest BCUT2D eigenvalue weighted by atomic mass is 9.93. The second-order valence-electron chi connectivity index (χ2n) is 6.65. The third kappa shape index (κ3) is 3.63. The number of hydrogen-bond donors (Lipinski definition) is 0. The maximum absolute atomic E-state index is 12.8. The Balaban J connectivity index is 1.71. The van der Waals surface area contributed by atoms with Crippen LogP contribution in [0.25, 0.3) is 0 Å². The molecule has 2 aliphatic rings. The van der Waals surface area contributed by atoms with Gasteiger partial charge in [-0.25, -0.2) is 8.42 Å². The van der Waals surface area contributed by atoms with E-state index < -0.39 is 10.0 Å². The van der Waals surface area contributed by atoms with Crippen molar-refractivity contribution in [2.75, 3.05) is 39.0 Å². The van der Waals surface area contributed by atoms with Crippen molar-refractivity contribution in [3.63, 3.8) is 0 Å². The first-order valence-electron chi connectivity index (χ1n) is 8.28. The normalized spacial score (nSPS) is 25.8. The highest BCUT2D eigenvalue weighted by Crippen LogP contribution is 2.26. The highest BCUT2D eigenvalue weighted by Gasteiger charge is 2.37. The summed E-state index contributed by atoms with van der Waals surface area (Å²) in [5.41, 5.74) is 1.69. The van der Waals surface area contributed by atoms with Gasteiger partial charge in [0.25, 0.3) is 5.91 Å². The van der Waals surface area contributed by atoms with Crippen LogP contribution in [0.1, 0.15) is 22.3 Å². The summed E-state index contributed by atoms with van der Waals surface area (Å²) in [4.78, 5) is 14.6. The fraction of sp³-hybridized carbons (Fsp3) is 0.588. The number of carbonyl (C=O) groups is 1. The third-order valence-corrected chi connectivity index (χ3v) is 6.21. The fourth-order valence-electron chi connectivity index (χ4n) is 3.49. The first kappa shape index (κ1) is 17.4. The van der Waals surface area contributed by atoms with E-state index >= 15 is 0 Å². The number of amides is 1. The molecule has 1 aromatic rings. The highest BCUT2D eigenvalue weighted by atomic mass is 32.2. The van der Waals surface area contributed by atoms with Crippen molar-refractivity contribution in [2.45, 2.75) is 19.4 Å².